The average Bonchev–Trinajstić information content (AvgIpc) is 2.77. The second-order valence-electron chi connectivity index (χ2n) is 3.47. The Kier molecular flexibility index (Phi) is 2.17. The lowest BCUT2D eigenvalue weighted by molar-refractivity contribution is 0.214. The van der Waals surface area contributed by atoms with Gasteiger partial charge in [-0.2, -0.15) is 0 Å². The van der Waals surface area contributed by atoms with Crippen LogP contribution in [0, 0.1) is 13.8 Å². The molecule has 2 rings (SSSR count). The number of hydrogen-bond donors (Lipinski definition) is 2. The fraction of sp³-hybridized carbons (Fsp3) is 0.273. The van der Waals surface area contributed by atoms with Crippen LogP contribution in [0.2, 0.25) is 0 Å². The molecule has 3 nitrogen and oxygen atoms in total. The Labute approximate surface area is 82.4 Å². The minimum atomic E-state index is -0.623. The van der Waals surface area contributed by atoms with E-state index in [4.69, 9.17) is 4.42 Å². The zero-order chi connectivity index (χ0) is 10.1. The third-order valence-electron chi connectivity index (χ3n) is 2.57. The number of hydrogen-bond acceptors (Lipinski definition) is 2. The van der Waals surface area contributed by atoms with E-state index in [-0.39, 0.29) is 0 Å². The first-order chi connectivity index (χ1) is 6.70. The Morgan fingerprint density at radius 2 is 2.21 bits per heavy atom. The minimum absolute atomic E-state index is 0.623. The number of aliphatic hydroxyl groups is 1. The molecular formula is C11H13NO2. The molecule has 0 aromatic carbocycles. The zero-order valence-electron chi connectivity index (χ0n) is 8.24. The molecule has 0 aliphatic heterocycles. The highest BCUT2D eigenvalue weighted by Crippen LogP contribution is 2.25. The molecule has 3 heteroatoms. The first-order valence-corrected chi connectivity index (χ1v) is 4.54. The molecule has 1 unspecified atom stereocenters. The Hall–Kier alpha value is -1.48. The van der Waals surface area contributed by atoms with E-state index in [2.05, 4.69) is 4.98 Å². The first kappa shape index (κ1) is 9.09. The van der Waals surface area contributed by atoms with Crippen molar-refractivity contribution in [1.29, 1.82) is 0 Å². The second kappa shape index (κ2) is 3.35. The highest BCUT2D eigenvalue weighted by Gasteiger charge is 2.16. The summed E-state index contributed by atoms with van der Waals surface area (Å²) in [5.41, 5.74) is 3.86. The summed E-state index contributed by atoms with van der Waals surface area (Å²) in [6.07, 6.45) is 4.39. The molecule has 0 fully saturated rings. The van der Waals surface area contributed by atoms with E-state index in [1.54, 1.807) is 18.6 Å². The van der Waals surface area contributed by atoms with Gasteiger partial charge < -0.3 is 14.5 Å². The molecule has 2 aromatic rings. The molecule has 2 N–H and O–H groups in total. The molecule has 0 aliphatic carbocycles. The van der Waals surface area contributed by atoms with Gasteiger partial charge in [0.05, 0.1) is 18.2 Å². The average molecular weight is 191 g/mol. The van der Waals surface area contributed by atoms with Crippen LogP contribution in [0.4, 0.5) is 0 Å². The predicted octanol–water partition coefficient (Wildman–Crippen LogP) is 2.31. The predicted molar refractivity (Wildman–Crippen MR) is 53.0 cm³/mol. The molecule has 0 bridgehead atoms. The molecule has 0 aliphatic rings. The van der Waals surface area contributed by atoms with E-state index in [1.165, 1.54) is 0 Å². The molecule has 0 amide bonds. The summed E-state index contributed by atoms with van der Waals surface area (Å²) in [7, 11) is 0. The van der Waals surface area contributed by atoms with Gasteiger partial charge in [0.1, 0.15) is 6.10 Å². The summed E-state index contributed by atoms with van der Waals surface area (Å²) >= 11 is 0. The molecule has 2 heterocycles. The van der Waals surface area contributed by atoms with Crippen molar-refractivity contribution in [3.63, 3.8) is 0 Å². The van der Waals surface area contributed by atoms with Crippen molar-refractivity contribution in [3.05, 3.63) is 47.2 Å². The van der Waals surface area contributed by atoms with Crippen molar-refractivity contribution >= 4 is 0 Å². The standard InChI is InChI=1S/C11H13NO2/c1-7-5-12-10(8(7)2)11(13)9-3-4-14-6-9/h3-6,11-13H,1-2H3. The maximum Gasteiger partial charge on any atom is 0.122 e. The normalized spacial score (nSPS) is 13.1. The second-order valence-corrected chi connectivity index (χ2v) is 3.47. The lowest BCUT2D eigenvalue weighted by atomic mass is 10.1. The van der Waals surface area contributed by atoms with Crippen LogP contribution >= 0.6 is 0 Å². The fourth-order valence-corrected chi connectivity index (χ4v) is 1.50. The number of furan rings is 1. The number of rotatable bonds is 2. The van der Waals surface area contributed by atoms with Gasteiger partial charge in [-0.1, -0.05) is 0 Å². The summed E-state index contributed by atoms with van der Waals surface area (Å²) in [5.74, 6) is 0. The van der Waals surface area contributed by atoms with Gasteiger partial charge in [0.15, 0.2) is 0 Å². The molecule has 0 radical (unpaired) electrons. The third kappa shape index (κ3) is 1.36. The number of H-pyrrole nitrogens is 1. The van der Waals surface area contributed by atoms with Crippen molar-refractivity contribution in [2.75, 3.05) is 0 Å². The van der Waals surface area contributed by atoms with Crippen LogP contribution in [-0.4, -0.2) is 10.1 Å². The van der Waals surface area contributed by atoms with E-state index in [9.17, 15) is 5.11 Å². The topological polar surface area (TPSA) is 49.2 Å². The number of aryl methyl sites for hydroxylation is 1. The Morgan fingerprint density at radius 3 is 2.71 bits per heavy atom. The van der Waals surface area contributed by atoms with E-state index < -0.39 is 6.10 Å². The molecule has 1 atom stereocenters. The van der Waals surface area contributed by atoms with Gasteiger partial charge in [0, 0.05) is 11.8 Å². The Balaban J connectivity index is 2.36. The molecule has 0 saturated heterocycles. The van der Waals surface area contributed by atoms with Gasteiger partial charge in [0.2, 0.25) is 0 Å². The van der Waals surface area contributed by atoms with Crippen LogP contribution in [0.15, 0.2) is 29.2 Å². The molecule has 74 valence electrons. The number of nitrogens with one attached hydrogen (secondary N) is 1. The Morgan fingerprint density at radius 1 is 1.43 bits per heavy atom. The van der Waals surface area contributed by atoms with E-state index in [0.29, 0.717) is 0 Å². The molecular weight excluding hydrogens is 178 g/mol. The van der Waals surface area contributed by atoms with Crippen molar-refractivity contribution in [2.45, 2.75) is 20.0 Å². The number of aliphatic hydroxyl groups excluding tert-OH is 1. The molecule has 0 saturated carbocycles. The van der Waals surface area contributed by atoms with Crippen LogP contribution in [0.3, 0.4) is 0 Å². The summed E-state index contributed by atoms with van der Waals surface area (Å²) < 4.78 is 4.93. The van der Waals surface area contributed by atoms with Gasteiger partial charge in [0.25, 0.3) is 0 Å². The molecule has 2 aromatic heterocycles. The Bertz CT molecular complexity index is 414. The van der Waals surface area contributed by atoms with Crippen molar-refractivity contribution in [2.24, 2.45) is 0 Å². The third-order valence-corrected chi connectivity index (χ3v) is 2.57. The van der Waals surface area contributed by atoms with Gasteiger partial charge in [-0.15, -0.1) is 0 Å². The first-order valence-electron chi connectivity index (χ1n) is 4.54. The highest BCUT2D eigenvalue weighted by molar-refractivity contribution is 5.34. The minimum Gasteiger partial charge on any atom is -0.472 e. The lowest BCUT2D eigenvalue weighted by Gasteiger charge is -2.07. The quantitative estimate of drug-likeness (QED) is 0.765. The van der Waals surface area contributed by atoms with Crippen LogP contribution < -0.4 is 0 Å². The van der Waals surface area contributed by atoms with Crippen molar-refractivity contribution in [3.8, 4) is 0 Å². The summed E-state index contributed by atoms with van der Waals surface area (Å²) in [6.45, 7) is 4.00. The fourth-order valence-electron chi connectivity index (χ4n) is 1.50. The largest absolute Gasteiger partial charge is 0.472 e. The van der Waals surface area contributed by atoms with Crippen LogP contribution in [-0.2, 0) is 0 Å². The van der Waals surface area contributed by atoms with Gasteiger partial charge >= 0.3 is 0 Å². The smallest absolute Gasteiger partial charge is 0.122 e. The van der Waals surface area contributed by atoms with Crippen molar-refractivity contribution < 1.29 is 9.52 Å². The van der Waals surface area contributed by atoms with E-state index in [0.717, 1.165) is 22.4 Å². The maximum absolute atomic E-state index is 9.98. The zero-order valence-corrected chi connectivity index (χ0v) is 8.24. The SMILES string of the molecule is Cc1c[nH]c(C(O)c2ccoc2)c1C. The van der Waals surface area contributed by atoms with Gasteiger partial charge in [-0.25, -0.2) is 0 Å². The van der Waals surface area contributed by atoms with Crippen molar-refractivity contribution in [1.82, 2.24) is 4.98 Å². The maximum atomic E-state index is 9.98. The summed E-state index contributed by atoms with van der Waals surface area (Å²) in [5, 5.41) is 9.98. The van der Waals surface area contributed by atoms with Crippen LogP contribution in [0.5, 0.6) is 0 Å². The monoisotopic (exact) mass is 191 g/mol. The van der Waals surface area contributed by atoms with E-state index >= 15 is 0 Å². The summed E-state index contributed by atoms with van der Waals surface area (Å²) in [4.78, 5) is 3.07. The highest BCUT2D eigenvalue weighted by atomic mass is 16.3. The molecule has 0 spiro atoms. The number of aromatic nitrogens is 1. The van der Waals surface area contributed by atoms with E-state index in [1.807, 2.05) is 20.0 Å². The van der Waals surface area contributed by atoms with Crippen LogP contribution in [0.1, 0.15) is 28.5 Å². The van der Waals surface area contributed by atoms with Crippen LogP contribution in [0.25, 0.3) is 0 Å². The molecule has 14 heavy (non-hydrogen) atoms. The van der Waals surface area contributed by atoms with Gasteiger partial charge in [-0.05, 0) is 31.0 Å². The lowest BCUT2D eigenvalue weighted by Crippen LogP contribution is -2.00. The van der Waals surface area contributed by atoms with Gasteiger partial charge in [-0.3, -0.25) is 0 Å². The number of aromatic amines is 1. The summed E-state index contributed by atoms with van der Waals surface area (Å²) in [6, 6.07) is 1.76.